The SMILES string of the molecule is CC(C)CCCNC1=C(/C=C/C2=[N+](CCCCS(=O)[O-])c3ccccc3C2(C)C)CC/C1=C\C=C1\N(CCCCS(=O)(=O)O)c2ccccc2C1(C)C.CCCCCCN1C(=O)c2ccc3c4c(N5CCCC5)cc5c6c(ccc(c7c(N8CCCC8)cc(c2c37)C1=O)c64)C(=O)N(CCCCCCC(C)C)C5=O. The molecule has 14 rings (SSSR count). The molecular weight excluding hydrogens is 1390 g/mol. The third-order valence-electron chi connectivity index (χ3n) is 24.0. The highest BCUT2D eigenvalue weighted by atomic mass is 32.2. The van der Waals surface area contributed by atoms with Crippen molar-refractivity contribution in [3.05, 3.63) is 165 Å². The van der Waals surface area contributed by atoms with Gasteiger partial charge in [0.1, 0.15) is 6.54 Å². The van der Waals surface area contributed by atoms with Crippen molar-refractivity contribution in [3.63, 3.8) is 0 Å². The quantitative estimate of drug-likeness (QED) is 0.00770. The molecule has 4 amide bonds. The van der Waals surface area contributed by atoms with Gasteiger partial charge in [-0.05, 0) is 173 Å². The molecule has 0 saturated carbocycles. The van der Waals surface area contributed by atoms with Gasteiger partial charge in [0.25, 0.3) is 33.7 Å². The highest BCUT2D eigenvalue weighted by molar-refractivity contribution is 7.85. The maximum absolute atomic E-state index is 14.6. The molecule has 108 heavy (non-hydrogen) atoms. The lowest BCUT2D eigenvalue weighted by molar-refractivity contribution is -0.438. The van der Waals surface area contributed by atoms with Gasteiger partial charge in [-0.3, -0.25) is 37.7 Å². The Morgan fingerprint density at radius 1 is 0.556 bits per heavy atom. The van der Waals surface area contributed by atoms with Gasteiger partial charge in [-0.2, -0.15) is 13.0 Å². The summed E-state index contributed by atoms with van der Waals surface area (Å²) in [6.07, 6.45) is 29.2. The summed E-state index contributed by atoms with van der Waals surface area (Å²) >= 11 is -2.02. The molecule has 6 aliphatic heterocycles. The number of benzene rings is 7. The van der Waals surface area contributed by atoms with Crippen LogP contribution in [0.3, 0.4) is 0 Å². The van der Waals surface area contributed by atoms with Crippen LogP contribution in [-0.4, -0.2) is 136 Å². The zero-order valence-electron chi connectivity index (χ0n) is 65.4. The van der Waals surface area contributed by atoms with Gasteiger partial charge in [-0.1, -0.05) is 165 Å². The van der Waals surface area contributed by atoms with Crippen molar-refractivity contribution in [1.82, 2.24) is 15.1 Å². The fraction of sp³-hybridized carbons (Fsp3) is 0.500. The highest BCUT2D eigenvalue weighted by Crippen LogP contribution is 2.54. The molecule has 2 fully saturated rings. The van der Waals surface area contributed by atoms with Gasteiger partial charge in [0, 0.05) is 160 Å². The Hall–Kier alpha value is -8.03. The number of rotatable bonds is 32. The molecule has 0 aromatic heterocycles. The monoisotopic (exact) mass is 1500 g/mol. The largest absolute Gasteiger partial charge is 0.772 e. The van der Waals surface area contributed by atoms with Crippen LogP contribution in [-0.2, 0) is 32.0 Å². The minimum atomic E-state index is -3.99. The van der Waals surface area contributed by atoms with Crippen molar-refractivity contribution in [2.45, 2.75) is 208 Å². The van der Waals surface area contributed by atoms with E-state index in [1.807, 2.05) is 12.1 Å². The van der Waals surface area contributed by atoms with Gasteiger partial charge in [0.15, 0.2) is 5.71 Å². The van der Waals surface area contributed by atoms with Crippen LogP contribution in [0.2, 0.25) is 0 Å². The van der Waals surface area contributed by atoms with Crippen LogP contribution in [0.15, 0.2) is 132 Å². The van der Waals surface area contributed by atoms with Crippen LogP contribution < -0.4 is 20.0 Å². The average molecular weight is 1500 g/mol. The Morgan fingerprint density at radius 2 is 1.08 bits per heavy atom. The van der Waals surface area contributed by atoms with Crippen molar-refractivity contribution in [2.24, 2.45) is 11.8 Å². The van der Waals surface area contributed by atoms with Gasteiger partial charge < -0.3 is 24.6 Å². The number of hydrogen-bond donors (Lipinski definition) is 2. The number of amides is 4. The Balaban J connectivity index is 0.000000191. The van der Waals surface area contributed by atoms with E-state index in [9.17, 15) is 40.9 Å². The summed E-state index contributed by atoms with van der Waals surface area (Å²) in [5.41, 5.74) is 15.0. The predicted octanol–water partition coefficient (Wildman–Crippen LogP) is 18.9. The third kappa shape index (κ3) is 15.7. The van der Waals surface area contributed by atoms with Gasteiger partial charge in [-0.15, -0.1) is 0 Å². The second kappa shape index (κ2) is 33.3. The first-order valence-corrected chi connectivity index (χ1v) is 43.5. The zero-order valence-corrected chi connectivity index (χ0v) is 67.0. The topological polar surface area (TPSA) is 194 Å². The second-order valence-corrected chi connectivity index (χ2v) is 35.7. The molecule has 18 heteroatoms. The zero-order chi connectivity index (χ0) is 76.3. The Labute approximate surface area is 643 Å². The lowest BCUT2D eigenvalue weighted by Gasteiger charge is -2.33. The number of allylic oxidation sites excluding steroid dienone is 7. The molecule has 7 aromatic carbocycles. The molecule has 0 spiro atoms. The average Bonchev–Trinajstić information content (AvgIpc) is 0.909. The first-order chi connectivity index (χ1) is 51.9. The van der Waals surface area contributed by atoms with Crippen molar-refractivity contribution >= 4 is 116 Å². The maximum Gasteiger partial charge on any atom is 0.264 e. The smallest absolute Gasteiger partial charge is 0.264 e. The molecule has 16 nitrogen and oxygen atoms in total. The molecule has 0 radical (unpaired) electrons. The standard InChI is InChI=1S/C47H54N4O4.C43H59N3O5S2/c1-4-5-6-10-25-50-44(52)32-19-17-30-41-37(49-23-14-15-24-49)28-35-39-33(45(53)51(47(35)55)26-11-8-7-9-16-29(2)3)20-18-31(43(39)41)40-36(48-21-12-13-22-48)27-34(46(50)54)38(32)42(30)40;1-32(2)16-15-27-44-41-33(23-25-39-42(3,4)35-17-7-9-19-37(35)45(39)28-11-13-30-52(47)48)21-22-34(41)24-26-40-43(5,6)36-18-8-10-20-38(36)46(40)29-12-14-31-53(49,50)51/h17-20,27-29H,4-16,21-26H2,1-3H3;7-10,17-20,23-26,32H,11-16,21-22,27-31H2,1-6H3,(H2,47,48,49,50,51)/b;34-24+,40-26+. The molecule has 574 valence electrons. The van der Waals surface area contributed by atoms with Crippen molar-refractivity contribution in [2.75, 3.05) is 85.1 Å². The molecule has 2 N–H and O–H groups in total. The minimum Gasteiger partial charge on any atom is -0.772 e. The van der Waals surface area contributed by atoms with E-state index in [0.29, 0.717) is 73.0 Å². The first kappa shape index (κ1) is 78.1. The van der Waals surface area contributed by atoms with Crippen molar-refractivity contribution < 1.29 is 45.5 Å². The van der Waals surface area contributed by atoms with E-state index < -0.39 is 21.2 Å². The number of carbonyl (C=O) groups is 4. The number of fused-ring (bicyclic) bond motifs is 4. The summed E-state index contributed by atoms with van der Waals surface area (Å²) in [6.45, 7) is 27.0. The van der Waals surface area contributed by atoms with E-state index in [1.165, 1.54) is 67.7 Å². The Morgan fingerprint density at radius 3 is 1.66 bits per heavy atom. The van der Waals surface area contributed by atoms with Crippen LogP contribution in [0.4, 0.5) is 22.7 Å². The Bertz CT molecular complexity index is 4910. The lowest BCUT2D eigenvalue weighted by Crippen LogP contribution is -2.41. The number of imide groups is 2. The number of nitrogens with zero attached hydrogens (tertiary/aromatic N) is 6. The first-order valence-electron chi connectivity index (χ1n) is 40.6. The molecule has 0 bridgehead atoms. The predicted molar refractivity (Wildman–Crippen MR) is 442 cm³/mol. The van der Waals surface area contributed by atoms with Crippen LogP contribution in [0, 0.1) is 11.8 Å². The molecular formula is C90H113N7O9S2. The Kier molecular flexibility index (Phi) is 24.1. The molecule has 7 aromatic rings. The van der Waals surface area contributed by atoms with Crippen LogP contribution in [0.5, 0.6) is 0 Å². The van der Waals surface area contributed by atoms with Crippen molar-refractivity contribution in [1.29, 1.82) is 0 Å². The fourth-order valence-electron chi connectivity index (χ4n) is 18.4. The summed E-state index contributed by atoms with van der Waals surface area (Å²) in [7, 11) is -3.99. The molecule has 1 unspecified atom stereocenters. The number of nitrogens with one attached hydrogen (secondary N) is 1. The summed E-state index contributed by atoms with van der Waals surface area (Å²) in [5, 5.41) is 11.2. The minimum absolute atomic E-state index is 0.184. The molecule has 6 heterocycles. The van der Waals surface area contributed by atoms with Gasteiger partial charge in [0.2, 0.25) is 5.69 Å². The lowest BCUT2D eigenvalue weighted by atomic mass is 9.80. The summed E-state index contributed by atoms with van der Waals surface area (Å²) in [5.74, 6) is 0.449. The van der Waals surface area contributed by atoms with Crippen LogP contribution >= 0.6 is 0 Å². The molecule has 2 saturated heterocycles. The number of hydrogen-bond acceptors (Lipinski definition) is 12. The number of unbranched alkanes of at least 4 members (excludes halogenated alkanes) is 8. The summed E-state index contributed by atoms with van der Waals surface area (Å²) in [6, 6.07) is 29.2. The van der Waals surface area contributed by atoms with Gasteiger partial charge in [-0.25, -0.2) is 0 Å². The molecule has 7 aliphatic rings. The number of anilines is 3. The maximum atomic E-state index is 14.6. The summed E-state index contributed by atoms with van der Waals surface area (Å²) < 4.78 is 56.9. The normalized spacial score (nSPS) is 18.7. The van der Waals surface area contributed by atoms with E-state index in [4.69, 9.17) is 0 Å². The van der Waals surface area contributed by atoms with Gasteiger partial charge >= 0.3 is 0 Å². The molecule has 1 aliphatic carbocycles. The van der Waals surface area contributed by atoms with E-state index in [-0.39, 0.29) is 46.0 Å². The van der Waals surface area contributed by atoms with Gasteiger partial charge in [0.05, 0.1) is 22.3 Å². The second-order valence-electron chi connectivity index (χ2n) is 33.1. The van der Waals surface area contributed by atoms with E-state index >= 15 is 0 Å². The van der Waals surface area contributed by atoms with Crippen LogP contribution in [0.25, 0.3) is 43.1 Å². The van der Waals surface area contributed by atoms with E-state index in [1.54, 1.807) is 0 Å². The van der Waals surface area contributed by atoms with E-state index in [0.717, 1.165) is 202 Å². The number of para-hydroxylation sites is 2. The summed E-state index contributed by atoms with van der Waals surface area (Å²) in [4.78, 5) is 67.8. The fourth-order valence-corrected chi connectivity index (χ4v) is 19.4. The van der Waals surface area contributed by atoms with Crippen molar-refractivity contribution in [3.8, 4) is 0 Å². The molecule has 1 atom stereocenters. The third-order valence-corrected chi connectivity index (χ3v) is 25.5. The van der Waals surface area contributed by atoms with E-state index in [2.05, 4.69) is 184 Å². The number of carbonyl (C=O) groups excluding carboxylic acids is 4. The highest BCUT2D eigenvalue weighted by Gasteiger charge is 2.45. The van der Waals surface area contributed by atoms with Crippen LogP contribution in [0.1, 0.15) is 250 Å².